The third kappa shape index (κ3) is 3.00. The zero-order chi connectivity index (χ0) is 15.6. The Balaban J connectivity index is 2.39. The number of methoxy groups -OCH3 is 1. The van der Waals surface area contributed by atoms with Gasteiger partial charge < -0.3 is 15.4 Å². The fourth-order valence-corrected chi connectivity index (χ4v) is 2.83. The van der Waals surface area contributed by atoms with Gasteiger partial charge in [-0.1, -0.05) is 0 Å². The fraction of sp³-hybridized carbons (Fsp3) is 0.533. The van der Waals surface area contributed by atoms with Crippen LogP contribution in [0.15, 0.2) is 12.1 Å². The molecule has 2 N–H and O–H groups in total. The highest BCUT2D eigenvalue weighted by Gasteiger charge is 2.29. The fourth-order valence-electron chi connectivity index (χ4n) is 2.83. The topological polar surface area (TPSA) is 55.6 Å². The first kappa shape index (κ1) is 15.7. The summed E-state index contributed by atoms with van der Waals surface area (Å²) in [6.07, 6.45) is 2.77. The number of rotatable bonds is 3. The first-order valence-corrected chi connectivity index (χ1v) is 7.06. The van der Waals surface area contributed by atoms with Crippen LogP contribution in [0.3, 0.4) is 0 Å². The van der Waals surface area contributed by atoms with E-state index in [1.54, 1.807) is 4.90 Å². The van der Waals surface area contributed by atoms with Crippen LogP contribution in [0.1, 0.15) is 36.5 Å². The summed E-state index contributed by atoms with van der Waals surface area (Å²) < 4.78 is 32.8. The van der Waals surface area contributed by atoms with Crippen LogP contribution in [0.25, 0.3) is 0 Å². The molecule has 6 heteroatoms. The molecule has 0 spiro atoms. The van der Waals surface area contributed by atoms with Gasteiger partial charge in [-0.25, -0.2) is 13.6 Å². The average Bonchev–Trinajstić information content (AvgIpc) is 2.49. The summed E-state index contributed by atoms with van der Waals surface area (Å²) in [7, 11) is 1.13. The summed E-state index contributed by atoms with van der Waals surface area (Å²) in [6.45, 7) is 2.49. The molecule has 0 radical (unpaired) electrons. The lowest BCUT2D eigenvalue weighted by atomic mass is 9.96. The number of hydrogen-bond donors (Lipinski definition) is 1. The summed E-state index contributed by atoms with van der Waals surface area (Å²) >= 11 is 0. The SMILES string of the molecule is COC(=O)c1ccc(N2CCCCC2C(C)N)c(F)c1F. The molecule has 0 aliphatic carbocycles. The number of carbonyl (C=O) groups excluding carboxylic acids is 1. The van der Waals surface area contributed by atoms with E-state index in [1.807, 2.05) is 6.92 Å². The Labute approximate surface area is 122 Å². The van der Waals surface area contributed by atoms with Gasteiger partial charge >= 0.3 is 5.97 Å². The summed E-state index contributed by atoms with van der Waals surface area (Å²) in [5.74, 6) is -3.08. The van der Waals surface area contributed by atoms with Gasteiger partial charge in [0.25, 0.3) is 0 Å². The van der Waals surface area contributed by atoms with Crippen molar-refractivity contribution in [2.45, 2.75) is 38.3 Å². The van der Waals surface area contributed by atoms with Crippen molar-refractivity contribution in [1.29, 1.82) is 0 Å². The number of nitrogens with two attached hydrogens (primary N) is 1. The second kappa shape index (κ2) is 6.39. The van der Waals surface area contributed by atoms with Gasteiger partial charge in [-0.3, -0.25) is 0 Å². The summed E-state index contributed by atoms with van der Waals surface area (Å²) in [5.41, 5.74) is 5.71. The Bertz CT molecular complexity index is 535. The highest BCUT2D eigenvalue weighted by Crippen LogP contribution is 2.30. The van der Waals surface area contributed by atoms with E-state index >= 15 is 0 Å². The highest BCUT2D eigenvalue weighted by atomic mass is 19.2. The average molecular weight is 298 g/mol. The van der Waals surface area contributed by atoms with Crippen LogP contribution >= 0.6 is 0 Å². The standard InChI is InChI=1S/C15H20F2N2O2/c1-9(18)11-5-3-4-8-19(11)12-7-6-10(15(20)21-2)13(16)14(12)17/h6-7,9,11H,3-5,8,18H2,1-2H3. The summed E-state index contributed by atoms with van der Waals surface area (Å²) in [6, 6.07) is 2.50. The van der Waals surface area contributed by atoms with Crippen LogP contribution in [0, 0.1) is 11.6 Å². The third-order valence-corrected chi connectivity index (χ3v) is 3.93. The number of carbonyl (C=O) groups is 1. The second-order valence-corrected chi connectivity index (χ2v) is 5.37. The van der Waals surface area contributed by atoms with Crippen LogP contribution in [0.2, 0.25) is 0 Å². The zero-order valence-electron chi connectivity index (χ0n) is 12.2. The predicted octanol–water partition coefficient (Wildman–Crippen LogP) is 2.46. The zero-order valence-corrected chi connectivity index (χ0v) is 12.2. The number of nitrogens with zero attached hydrogens (tertiary/aromatic N) is 1. The van der Waals surface area contributed by atoms with Crippen LogP contribution in [0.4, 0.5) is 14.5 Å². The van der Waals surface area contributed by atoms with Gasteiger partial charge in [-0.2, -0.15) is 0 Å². The maximum atomic E-state index is 14.3. The predicted molar refractivity (Wildman–Crippen MR) is 76.3 cm³/mol. The molecule has 2 atom stereocenters. The third-order valence-electron chi connectivity index (χ3n) is 3.93. The molecule has 2 rings (SSSR count). The molecule has 0 amide bonds. The maximum absolute atomic E-state index is 14.3. The van der Waals surface area contributed by atoms with E-state index in [4.69, 9.17) is 5.73 Å². The van der Waals surface area contributed by atoms with Gasteiger partial charge in [0.05, 0.1) is 18.4 Å². The number of esters is 1. The quantitative estimate of drug-likeness (QED) is 0.871. The van der Waals surface area contributed by atoms with E-state index in [-0.39, 0.29) is 17.8 Å². The first-order chi connectivity index (χ1) is 9.97. The van der Waals surface area contributed by atoms with Gasteiger partial charge in [-0.15, -0.1) is 0 Å². The Hall–Kier alpha value is -1.69. The summed E-state index contributed by atoms with van der Waals surface area (Å²) in [4.78, 5) is 13.2. The lowest BCUT2D eigenvalue weighted by Crippen LogP contribution is -2.49. The van der Waals surface area contributed by atoms with Crippen molar-refractivity contribution in [1.82, 2.24) is 0 Å². The minimum Gasteiger partial charge on any atom is -0.465 e. The molecule has 1 heterocycles. The van der Waals surface area contributed by atoms with Crippen LogP contribution in [-0.4, -0.2) is 31.7 Å². The maximum Gasteiger partial charge on any atom is 0.340 e. The van der Waals surface area contributed by atoms with Crippen molar-refractivity contribution >= 4 is 11.7 Å². The molecule has 116 valence electrons. The van der Waals surface area contributed by atoms with E-state index in [0.717, 1.165) is 26.4 Å². The first-order valence-electron chi connectivity index (χ1n) is 7.06. The number of benzene rings is 1. The van der Waals surface area contributed by atoms with Crippen molar-refractivity contribution in [3.63, 3.8) is 0 Å². The molecule has 0 aromatic heterocycles. The molecule has 2 unspecified atom stereocenters. The van der Waals surface area contributed by atoms with Gasteiger partial charge in [-0.05, 0) is 38.3 Å². The molecule has 1 saturated heterocycles. The molecular weight excluding hydrogens is 278 g/mol. The molecule has 0 saturated carbocycles. The van der Waals surface area contributed by atoms with Crippen LogP contribution in [0.5, 0.6) is 0 Å². The highest BCUT2D eigenvalue weighted by molar-refractivity contribution is 5.90. The van der Waals surface area contributed by atoms with Crippen molar-refractivity contribution in [3.8, 4) is 0 Å². The number of hydrogen-bond acceptors (Lipinski definition) is 4. The van der Waals surface area contributed by atoms with Crippen molar-refractivity contribution in [2.24, 2.45) is 5.73 Å². The van der Waals surface area contributed by atoms with Gasteiger partial charge in [0, 0.05) is 18.6 Å². The van der Waals surface area contributed by atoms with Crippen molar-refractivity contribution in [3.05, 3.63) is 29.3 Å². The van der Waals surface area contributed by atoms with Crippen molar-refractivity contribution < 1.29 is 18.3 Å². The second-order valence-electron chi connectivity index (χ2n) is 5.37. The van der Waals surface area contributed by atoms with Gasteiger partial charge in [0.1, 0.15) is 0 Å². The van der Waals surface area contributed by atoms with Gasteiger partial charge in [0.2, 0.25) is 0 Å². The van der Waals surface area contributed by atoms with Gasteiger partial charge in [0.15, 0.2) is 11.6 Å². The summed E-state index contributed by atoms with van der Waals surface area (Å²) in [5, 5.41) is 0. The largest absolute Gasteiger partial charge is 0.465 e. The minimum absolute atomic E-state index is 0.0309. The molecule has 1 aromatic rings. The monoisotopic (exact) mass is 298 g/mol. The Kier molecular flexibility index (Phi) is 4.77. The van der Waals surface area contributed by atoms with E-state index < -0.39 is 23.2 Å². The number of ether oxygens (including phenoxy) is 1. The lowest BCUT2D eigenvalue weighted by Gasteiger charge is -2.40. The smallest absolute Gasteiger partial charge is 0.340 e. The molecule has 1 aromatic carbocycles. The molecule has 1 aliphatic rings. The number of piperidine rings is 1. The van der Waals surface area contributed by atoms with E-state index in [1.165, 1.54) is 12.1 Å². The number of halogens is 2. The Morgan fingerprint density at radius 2 is 2.10 bits per heavy atom. The van der Waals surface area contributed by atoms with Crippen LogP contribution in [-0.2, 0) is 4.74 Å². The Morgan fingerprint density at radius 1 is 1.38 bits per heavy atom. The molecule has 1 aliphatic heterocycles. The normalized spacial score (nSPS) is 20.2. The molecule has 1 fully saturated rings. The number of anilines is 1. The Morgan fingerprint density at radius 3 is 2.71 bits per heavy atom. The molecule has 21 heavy (non-hydrogen) atoms. The van der Waals surface area contributed by atoms with E-state index in [2.05, 4.69) is 4.74 Å². The minimum atomic E-state index is -1.17. The van der Waals surface area contributed by atoms with Crippen LogP contribution < -0.4 is 10.6 Å². The van der Waals surface area contributed by atoms with Crippen molar-refractivity contribution in [2.75, 3.05) is 18.6 Å². The lowest BCUT2D eigenvalue weighted by molar-refractivity contribution is 0.0594. The van der Waals surface area contributed by atoms with E-state index in [9.17, 15) is 13.6 Å². The van der Waals surface area contributed by atoms with E-state index in [0.29, 0.717) is 6.54 Å². The molecular formula is C15H20F2N2O2. The molecule has 4 nitrogen and oxygen atoms in total. The molecule has 0 bridgehead atoms.